The van der Waals surface area contributed by atoms with Crippen LogP contribution < -0.4 is 11.1 Å². The van der Waals surface area contributed by atoms with Crippen LogP contribution in [0.1, 0.15) is 24.5 Å². The zero-order valence-electron chi connectivity index (χ0n) is 11.6. The van der Waals surface area contributed by atoms with Crippen molar-refractivity contribution >= 4 is 16.6 Å². The number of benzene rings is 1. The van der Waals surface area contributed by atoms with E-state index in [1.807, 2.05) is 6.92 Å². The fourth-order valence-electron chi connectivity index (χ4n) is 1.66. The van der Waals surface area contributed by atoms with E-state index in [4.69, 9.17) is 10.9 Å². The van der Waals surface area contributed by atoms with E-state index in [-0.39, 0.29) is 11.1 Å². The molecule has 1 aromatic rings. The summed E-state index contributed by atoms with van der Waals surface area (Å²) in [6.45, 7) is 3.08. The van der Waals surface area contributed by atoms with E-state index in [9.17, 15) is 8.60 Å². The molecule has 0 aromatic heterocycles. The van der Waals surface area contributed by atoms with Crippen molar-refractivity contribution in [2.45, 2.75) is 25.1 Å². The molecule has 0 saturated heterocycles. The first-order valence-electron chi connectivity index (χ1n) is 6.24. The lowest BCUT2D eigenvalue weighted by Gasteiger charge is -2.10. The quantitative estimate of drug-likeness (QED) is 0.232. The van der Waals surface area contributed by atoms with Gasteiger partial charge in [0.15, 0.2) is 5.84 Å². The molecule has 0 amide bonds. The van der Waals surface area contributed by atoms with Crippen molar-refractivity contribution in [2.24, 2.45) is 10.9 Å². The monoisotopic (exact) mass is 301 g/mol. The highest BCUT2D eigenvalue weighted by Gasteiger charge is 2.07. The predicted octanol–water partition coefficient (Wildman–Crippen LogP) is 1.17. The van der Waals surface area contributed by atoms with Crippen molar-refractivity contribution in [3.05, 3.63) is 35.1 Å². The molecule has 0 fully saturated rings. The van der Waals surface area contributed by atoms with Gasteiger partial charge in [-0.05, 0) is 36.7 Å². The molecule has 0 radical (unpaired) electrons. The second-order valence-electron chi connectivity index (χ2n) is 4.61. The summed E-state index contributed by atoms with van der Waals surface area (Å²) in [7, 11) is -0.833. The summed E-state index contributed by atoms with van der Waals surface area (Å²) in [6.07, 6.45) is 2.46. The number of nitrogens with two attached hydrogens (primary N) is 1. The lowest BCUT2D eigenvalue weighted by Crippen LogP contribution is -2.21. The SMILES string of the molecule is CC(CCNCc1cc(F)cc(/C(N)=N/O)c1)S(C)=O. The summed E-state index contributed by atoms with van der Waals surface area (Å²) in [4.78, 5) is 0. The number of rotatable bonds is 7. The van der Waals surface area contributed by atoms with Crippen molar-refractivity contribution in [3.8, 4) is 0 Å². The number of oxime groups is 1. The van der Waals surface area contributed by atoms with E-state index in [1.54, 1.807) is 12.3 Å². The first-order chi connectivity index (χ1) is 9.43. The van der Waals surface area contributed by atoms with Crippen LogP contribution in [0.2, 0.25) is 0 Å². The second kappa shape index (κ2) is 7.96. The summed E-state index contributed by atoms with van der Waals surface area (Å²) >= 11 is 0. The molecular weight excluding hydrogens is 281 g/mol. The van der Waals surface area contributed by atoms with Gasteiger partial charge in [0, 0.05) is 34.4 Å². The Labute approximate surface area is 120 Å². The highest BCUT2D eigenvalue weighted by molar-refractivity contribution is 7.84. The Balaban J connectivity index is 2.56. The number of hydrogen-bond acceptors (Lipinski definition) is 4. The van der Waals surface area contributed by atoms with E-state index >= 15 is 0 Å². The minimum absolute atomic E-state index is 0.124. The van der Waals surface area contributed by atoms with E-state index in [0.29, 0.717) is 24.2 Å². The Morgan fingerprint density at radius 2 is 2.25 bits per heavy atom. The molecule has 1 rings (SSSR count). The molecule has 20 heavy (non-hydrogen) atoms. The summed E-state index contributed by atoms with van der Waals surface area (Å²) < 4.78 is 24.6. The molecule has 2 unspecified atom stereocenters. The first kappa shape index (κ1) is 16.6. The minimum atomic E-state index is -0.833. The van der Waals surface area contributed by atoms with Crippen LogP contribution in [-0.4, -0.2) is 33.3 Å². The van der Waals surface area contributed by atoms with Crippen LogP contribution in [0.25, 0.3) is 0 Å². The van der Waals surface area contributed by atoms with Crippen molar-refractivity contribution in [1.82, 2.24) is 5.32 Å². The molecule has 0 bridgehead atoms. The molecule has 0 spiro atoms. The maximum Gasteiger partial charge on any atom is 0.170 e. The largest absolute Gasteiger partial charge is 0.409 e. The Bertz CT molecular complexity index is 508. The molecule has 0 aliphatic rings. The number of hydrogen-bond donors (Lipinski definition) is 3. The molecule has 0 aliphatic heterocycles. The summed E-state index contributed by atoms with van der Waals surface area (Å²) in [5, 5.41) is 14.7. The number of halogens is 1. The lowest BCUT2D eigenvalue weighted by atomic mass is 10.1. The van der Waals surface area contributed by atoms with Crippen LogP contribution in [0.4, 0.5) is 4.39 Å². The van der Waals surface area contributed by atoms with Crippen LogP contribution in [0, 0.1) is 5.82 Å². The molecule has 112 valence electrons. The topological polar surface area (TPSA) is 87.7 Å². The standard InChI is InChI=1S/C13H20FN3O2S/c1-9(20(2)19)3-4-16-8-10-5-11(13(15)17-18)7-12(14)6-10/h5-7,9,16,18H,3-4,8H2,1-2H3,(H2,15,17). The van der Waals surface area contributed by atoms with Crippen LogP contribution in [0.3, 0.4) is 0 Å². The van der Waals surface area contributed by atoms with Crippen LogP contribution in [0.15, 0.2) is 23.4 Å². The van der Waals surface area contributed by atoms with E-state index in [1.165, 1.54) is 12.1 Å². The molecule has 1 aromatic carbocycles. The smallest absolute Gasteiger partial charge is 0.170 e. The van der Waals surface area contributed by atoms with Gasteiger partial charge >= 0.3 is 0 Å². The van der Waals surface area contributed by atoms with Crippen LogP contribution in [-0.2, 0) is 17.3 Å². The molecule has 0 saturated carbocycles. The summed E-state index contributed by atoms with van der Waals surface area (Å²) in [5.74, 6) is -0.560. The van der Waals surface area contributed by atoms with E-state index < -0.39 is 16.6 Å². The normalized spacial score (nSPS) is 15.1. The number of nitrogens with one attached hydrogen (secondary N) is 1. The molecule has 0 heterocycles. The van der Waals surface area contributed by atoms with Crippen LogP contribution in [0.5, 0.6) is 0 Å². The Morgan fingerprint density at radius 1 is 1.55 bits per heavy atom. The lowest BCUT2D eigenvalue weighted by molar-refractivity contribution is 0.318. The zero-order valence-corrected chi connectivity index (χ0v) is 12.4. The minimum Gasteiger partial charge on any atom is -0.409 e. The van der Waals surface area contributed by atoms with Gasteiger partial charge in [-0.25, -0.2) is 4.39 Å². The number of amidine groups is 1. The van der Waals surface area contributed by atoms with Gasteiger partial charge in [-0.2, -0.15) is 0 Å². The number of nitrogens with zero attached hydrogens (tertiary/aromatic N) is 1. The Morgan fingerprint density at radius 3 is 2.85 bits per heavy atom. The summed E-state index contributed by atoms with van der Waals surface area (Å²) in [5.41, 5.74) is 6.48. The Hall–Kier alpha value is -1.47. The third-order valence-electron chi connectivity index (χ3n) is 2.98. The third kappa shape index (κ3) is 5.26. The highest BCUT2D eigenvalue weighted by Crippen LogP contribution is 2.09. The van der Waals surface area contributed by atoms with Crippen molar-refractivity contribution in [3.63, 3.8) is 0 Å². The van der Waals surface area contributed by atoms with Gasteiger partial charge < -0.3 is 16.3 Å². The third-order valence-corrected chi connectivity index (χ3v) is 4.35. The maximum atomic E-state index is 13.4. The van der Waals surface area contributed by atoms with Gasteiger partial charge in [-0.1, -0.05) is 12.1 Å². The van der Waals surface area contributed by atoms with Gasteiger partial charge in [0.1, 0.15) is 5.82 Å². The molecule has 0 aliphatic carbocycles. The van der Waals surface area contributed by atoms with Crippen molar-refractivity contribution in [1.29, 1.82) is 0 Å². The average Bonchev–Trinajstić information content (AvgIpc) is 2.41. The second-order valence-corrected chi connectivity index (χ2v) is 6.41. The molecular formula is C13H20FN3O2S. The van der Waals surface area contributed by atoms with E-state index in [0.717, 1.165) is 6.42 Å². The molecule has 2 atom stereocenters. The first-order valence-corrected chi connectivity index (χ1v) is 7.86. The van der Waals surface area contributed by atoms with Crippen LogP contribution >= 0.6 is 0 Å². The summed E-state index contributed by atoms with van der Waals surface area (Å²) in [6, 6.07) is 4.26. The molecule has 5 nitrogen and oxygen atoms in total. The van der Waals surface area contributed by atoms with Gasteiger partial charge in [-0.15, -0.1) is 0 Å². The van der Waals surface area contributed by atoms with Gasteiger partial charge in [-0.3, -0.25) is 4.21 Å². The van der Waals surface area contributed by atoms with Gasteiger partial charge in [0.25, 0.3) is 0 Å². The average molecular weight is 301 g/mol. The van der Waals surface area contributed by atoms with E-state index in [2.05, 4.69) is 10.5 Å². The maximum absolute atomic E-state index is 13.4. The Kier molecular flexibility index (Phi) is 6.60. The highest BCUT2D eigenvalue weighted by atomic mass is 32.2. The fourth-order valence-corrected chi connectivity index (χ4v) is 2.11. The van der Waals surface area contributed by atoms with Crippen molar-refractivity contribution in [2.75, 3.05) is 12.8 Å². The van der Waals surface area contributed by atoms with Crippen molar-refractivity contribution < 1.29 is 13.8 Å². The molecule has 4 N–H and O–H groups in total. The van der Waals surface area contributed by atoms with Gasteiger partial charge in [0.05, 0.1) is 0 Å². The molecule has 7 heteroatoms. The predicted molar refractivity (Wildman–Crippen MR) is 78.8 cm³/mol. The zero-order chi connectivity index (χ0) is 15.1. The fraction of sp³-hybridized carbons (Fsp3) is 0.462. The van der Waals surface area contributed by atoms with Gasteiger partial charge in [0.2, 0.25) is 0 Å².